The van der Waals surface area contributed by atoms with E-state index in [9.17, 15) is 0 Å². The van der Waals surface area contributed by atoms with Crippen molar-refractivity contribution in [2.75, 3.05) is 33.2 Å². The summed E-state index contributed by atoms with van der Waals surface area (Å²) in [4.78, 5) is 6.90. The molecule has 0 aliphatic carbocycles. The Morgan fingerprint density at radius 1 is 1.30 bits per heavy atom. The molecule has 2 N–H and O–H groups in total. The van der Waals surface area contributed by atoms with Gasteiger partial charge in [-0.1, -0.05) is 6.42 Å². The molecule has 0 bridgehead atoms. The molecule has 1 saturated heterocycles. The van der Waals surface area contributed by atoms with E-state index >= 15 is 0 Å². The Hall–Kier alpha value is -1.49. The molecule has 1 aromatic heterocycles. The fourth-order valence-corrected chi connectivity index (χ4v) is 3.12. The van der Waals surface area contributed by atoms with Crippen LogP contribution in [-0.2, 0) is 6.42 Å². The van der Waals surface area contributed by atoms with Crippen molar-refractivity contribution in [1.82, 2.24) is 15.5 Å². The molecule has 1 atom stereocenters. The average molecular weight is 320 g/mol. The van der Waals surface area contributed by atoms with Gasteiger partial charge in [-0.25, -0.2) is 0 Å². The molecule has 0 amide bonds. The van der Waals surface area contributed by atoms with E-state index < -0.39 is 0 Å². The molecule has 2 rings (SSSR count). The van der Waals surface area contributed by atoms with Crippen LogP contribution in [-0.4, -0.2) is 50.1 Å². The van der Waals surface area contributed by atoms with Crippen LogP contribution in [0.1, 0.15) is 44.8 Å². The Morgan fingerprint density at radius 3 is 2.91 bits per heavy atom. The van der Waals surface area contributed by atoms with Crippen molar-refractivity contribution in [2.45, 2.75) is 51.5 Å². The van der Waals surface area contributed by atoms with Crippen LogP contribution in [0.15, 0.2) is 27.8 Å². The number of unbranched alkanes of at least 4 members (excludes halogenated alkanes) is 1. The molecular formula is C18H32N4O. The van der Waals surface area contributed by atoms with E-state index in [4.69, 9.17) is 4.42 Å². The van der Waals surface area contributed by atoms with Crippen LogP contribution in [0.3, 0.4) is 0 Å². The maximum atomic E-state index is 5.32. The van der Waals surface area contributed by atoms with E-state index in [0.717, 1.165) is 37.3 Å². The highest BCUT2D eigenvalue weighted by molar-refractivity contribution is 5.79. The molecule has 5 nitrogen and oxygen atoms in total. The summed E-state index contributed by atoms with van der Waals surface area (Å²) in [5, 5.41) is 6.71. The Kier molecular flexibility index (Phi) is 8.01. The van der Waals surface area contributed by atoms with Crippen LogP contribution < -0.4 is 10.6 Å². The lowest BCUT2D eigenvalue weighted by molar-refractivity contribution is 0.158. The van der Waals surface area contributed by atoms with Crippen molar-refractivity contribution in [3.05, 3.63) is 24.2 Å². The molecule has 0 saturated carbocycles. The molecule has 1 aliphatic rings. The fourth-order valence-electron chi connectivity index (χ4n) is 3.12. The second-order valence-electron chi connectivity index (χ2n) is 6.34. The molecule has 23 heavy (non-hydrogen) atoms. The van der Waals surface area contributed by atoms with Gasteiger partial charge in [-0.15, -0.1) is 0 Å². The van der Waals surface area contributed by atoms with E-state index in [1.807, 2.05) is 19.2 Å². The highest BCUT2D eigenvalue weighted by Crippen LogP contribution is 2.16. The number of piperidine rings is 1. The van der Waals surface area contributed by atoms with Gasteiger partial charge in [0.05, 0.1) is 6.26 Å². The maximum Gasteiger partial charge on any atom is 0.190 e. The normalized spacial score (nSPS) is 19.7. The zero-order chi connectivity index (χ0) is 16.3. The minimum absolute atomic E-state index is 0.771. The Labute approximate surface area is 140 Å². The first-order chi connectivity index (χ1) is 11.3. The Morgan fingerprint density at radius 2 is 2.17 bits per heavy atom. The van der Waals surface area contributed by atoms with Gasteiger partial charge in [0, 0.05) is 32.6 Å². The van der Waals surface area contributed by atoms with Crippen LogP contribution in [0.2, 0.25) is 0 Å². The molecule has 130 valence electrons. The molecule has 2 heterocycles. The number of guanidine groups is 1. The topological polar surface area (TPSA) is 52.8 Å². The van der Waals surface area contributed by atoms with Gasteiger partial charge in [0.1, 0.15) is 5.76 Å². The molecule has 1 aromatic rings. The third-order valence-corrected chi connectivity index (χ3v) is 4.57. The van der Waals surface area contributed by atoms with Gasteiger partial charge < -0.3 is 20.0 Å². The van der Waals surface area contributed by atoms with Crippen molar-refractivity contribution in [3.63, 3.8) is 0 Å². The van der Waals surface area contributed by atoms with Crippen molar-refractivity contribution in [1.29, 1.82) is 0 Å². The Balaban J connectivity index is 1.51. The average Bonchev–Trinajstić information content (AvgIpc) is 3.08. The number of hydrogen-bond donors (Lipinski definition) is 2. The number of nitrogens with one attached hydrogen (secondary N) is 2. The highest BCUT2D eigenvalue weighted by atomic mass is 16.3. The van der Waals surface area contributed by atoms with Crippen molar-refractivity contribution >= 4 is 5.96 Å². The molecule has 0 aromatic carbocycles. The maximum absolute atomic E-state index is 5.32. The lowest BCUT2D eigenvalue weighted by atomic mass is 10.0. The molecule has 0 radical (unpaired) electrons. The number of rotatable bonds is 8. The van der Waals surface area contributed by atoms with Crippen LogP contribution in [0.4, 0.5) is 0 Å². The van der Waals surface area contributed by atoms with Gasteiger partial charge in [-0.2, -0.15) is 0 Å². The predicted octanol–water partition coefficient (Wildman–Crippen LogP) is 2.64. The fraction of sp³-hybridized carbons (Fsp3) is 0.722. The number of hydrogen-bond acceptors (Lipinski definition) is 3. The van der Waals surface area contributed by atoms with E-state index in [2.05, 4.69) is 27.4 Å². The number of likely N-dealkylation sites (tertiary alicyclic amines) is 1. The monoisotopic (exact) mass is 320 g/mol. The summed E-state index contributed by atoms with van der Waals surface area (Å²) in [7, 11) is 1.82. The summed E-state index contributed by atoms with van der Waals surface area (Å²) < 4.78 is 5.32. The van der Waals surface area contributed by atoms with E-state index in [-0.39, 0.29) is 0 Å². The van der Waals surface area contributed by atoms with Gasteiger partial charge in [0.2, 0.25) is 0 Å². The van der Waals surface area contributed by atoms with Gasteiger partial charge in [-0.3, -0.25) is 4.99 Å². The summed E-state index contributed by atoms with van der Waals surface area (Å²) in [6, 6.07) is 4.69. The van der Waals surface area contributed by atoms with Crippen molar-refractivity contribution in [2.24, 2.45) is 4.99 Å². The molecule has 1 aliphatic heterocycles. The first-order valence-corrected chi connectivity index (χ1v) is 9.00. The minimum atomic E-state index is 0.771. The van der Waals surface area contributed by atoms with Gasteiger partial charge in [-0.05, 0) is 57.8 Å². The molecule has 0 spiro atoms. The van der Waals surface area contributed by atoms with E-state index in [1.54, 1.807) is 6.26 Å². The lowest BCUT2D eigenvalue weighted by Gasteiger charge is -2.33. The van der Waals surface area contributed by atoms with Crippen molar-refractivity contribution in [3.8, 4) is 0 Å². The zero-order valence-electron chi connectivity index (χ0n) is 14.7. The molecular weight excluding hydrogens is 288 g/mol. The smallest absolute Gasteiger partial charge is 0.190 e. The van der Waals surface area contributed by atoms with Gasteiger partial charge in [0.15, 0.2) is 5.96 Å². The highest BCUT2D eigenvalue weighted by Gasteiger charge is 2.16. The van der Waals surface area contributed by atoms with Crippen LogP contribution in [0.5, 0.6) is 0 Å². The second kappa shape index (κ2) is 10.3. The van der Waals surface area contributed by atoms with Crippen LogP contribution >= 0.6 is 0 Å². The lowest BCUT2D eigenvalue weighted by Crippen LogP contribution is -2.40. The largest absolute Gasteiger partial charge is 0.469 e. The second-order valence-corrected chi connectivity index (χ2v) is 6.34. The van der Waals surface area contributed by atoms with Gasteiger partial charge >= 0.3 is 0 Å². The first kappa shape index (κ1) is 17.9. The molecule has 5 heteroatoms. The predicted molar refractivity (Wildman–Crippen MR) is 95.9 cm³/mol. The standard InChI is InChI=1S/C18H32N4O/c1-16-8-3-5-13-22(16)14-6-4-11-20-18(19-2)21-12-10-17-9-7-15-23-17/h7,9,15-16H,3-6,8,10-14H2,1-2H3,(H2,19,20,21). The Bertz CT molecular complexity index is 444. The number of nitrogens with zero attached hydrogens (tertiary/aromatic N) is 2. The third kappa shape index (κ3) is 6.65. The SMILES string of the molecule is CN=C(NCCCCN1CCCCC1C)NCCc1ccco1. The number of aliphatic imine (C=N–C) groups is 1. The minimum Gasteiger partial charge on any atom is -0.469 e. The summed E-state index contributed by atoms with van der Waals surface area (Å²) in [6.07, 6.45) is 9.16. The number of furan rings is 1. The third-order valence-electron chi connectivity index (χ3n) is 4.57. The molecule has 1 fully saturated rings. The van der Waals surface area contributed by atoms with Crippen molar-refractivity contribution < 1.29 is 4.42 Å². The summed E-state index contributed by atoms with van der Waals surface area (Å²) in [6.45, 7) is 6.68. The van der Waals surface area contributed by atoms with E-state index in [1.165, 1.54) is 45.2 Å². The summed E-state index contributed by atoms with van der Waals surface area (Å²) in [5.41, 5.74) is 0. The van der Waals surface area contributed by atoms with Crippen LogP contribution in [0, 0.1) is 0 Å². The summed E-state index contributed by atoms with van der Waals surface area (Å²) >= 11 is 0. The summed E-state index contributed by atoms with van der Waals surface area (Å²) in [5.74, 6) is 1.88. The van der Waals surface area contributed by atoms with Crippen LogP contribution in [0.25, 0.3) is 0 Å². The zero-order valence-corrected chi connectivity index (χ0v) is 14.7. The van der Waals surface area contributed by atoms with Gasteiger partial charge in [0.25, 0.3) is 0 Å². The van der Waals surface area contributed by atoms with E-state index in [0.29, 0.717) is 0 Å². The first-order valence-electron chi connectivity index (χ1n) is 9.00. The quantitative estimate of drug-likeness (QED) is 0.439. The molecule has 1 unspecified atom stereocenters.